The molecule has 1 heterocycles. The molecule has 100 valence electrons. The maximum absolute atomic E-state index is 11.4. The molecule has 0 aliphatic heterocycles. The Morgan fingerprint density at radius 3 is 3.11 bits per heavy atom. The van der Waals surface area contributed by atoms with E-state index >= 15 is 0 Å². The molecule has 0 atom stereocenters. The number of nitrogen functional groups attached to an aromatic ring is 1. The van der Waals surface area contributed by atoms with Gasteiger partial charge >= 0.3 is 5.97 Å². The number of nitrogens with one attached hydrogen (secondary N) is 1. The summed E-state index contributed by atoms with van der Waals surface area (Å²) in [4.78, 5) is 15.4. The second-order valence-corrected chi connectivity index (χ2v) is 3.86. The normalized spacial score (nSPS) is 10.2. The first-order valence-electron chi connectivity index (χ1n) is 5.90. The van der Waals surface area contributed by atoms with Crippen LogP contribution in [0.15, 0.2) is 34.9 Å². The molecule has 0 unspecified atom stereocenters. The average molecular weight is 261 g/mol. The Balaban J connectivity index is 1.95. The second-order valence-electron chi connectivity index (χ2n) is 3.86. The van der Waals surface area contributed by atoms with Gasteiger partial charge in [-0.2, -0.15) is 4.98 Å². The number of nitrogens with two attached hydrogens (primary N) is 1. The number of hydrogen-bond donors (Lipinski definition) is 2. The molecule has 0 saturated carbocycles. The minimum Gasteiger partial charge on any atom is -0.461 e. The summed E-state index contributed by atoms with van der Waals surface area (Å²) < 4.78 is 9.94. The topological polar surface area (TPSA) is 90.4 Å². The van der Waals surface area contributed by atoms with Crippen molar-refractivity contribution in [2.45, 2.75) is 13.5 Å². The first-order valence-corrected chi connectivity index (χ1v) is 5.90. The molecule has 0 amide bonds. The van der Waals surface area contributed by atoms with Crippen molar-refractivity contribution in [1.29, 1.82) is 0 Å². The fraction of sp³-hybridized carbons (Fsp3) is 0.231. The molecule has 0 spiro atoms. The van der Waals surface area contributed by atoms with Crippen LogP contribution in [0.25, 0.3) is 0 Å². The number of oxazole rings is 1. The van der Waals surface area contributed by atoms with Crippen LogP contribution in [0, 0.1) is 0 Å². The highest BCUT2D eigenvalue weighted by atomic mass is 16.5. The zero-order valence-electron chi connectivity index (χ0n) is 10.6. The zero-order chi connectivity index (χ0) is 13.7. The zero-order valence-corrected chi connectivity index (χ0v) is 10.6. The molecule has 0 aliphatic rings. The monoisotopic (exact) mass is 261 g/mol. The van der Waals surface area contributed by atoms with E-state index in [2.05, 4.69) is 10.3 Å². The van der Waals surface area contributed by atoms with Gasteiger partial charge in [0, 0.05) is 12.2 Å². The van der Waals surface area contributed by atoms with Crippen molar-refractivity contribution >= 4 is 17.7 Å². The molecule has 6 nitrogen and oxygen atoms in total. The predicted octanol–water partition coefficient (Wildman–Crippen LogP) is 2.05. The minimum atomic E-state index is -0.497. The van der Waals surface area contributed by atoms with Crippen LogP contribution in [0.1, 0.15) is 23.0 Å². The second kappa shape index (κ2) is 5.90. The molecule has 1 aromatic heterocycles. The van der Waals surface area contributed by atoms with E-state index in [0.29, 0.717) is 18.8 Å². The van der Waals surface area contributed by atoms with Gasteiger partial charge in [-0.1, -0.05) is 12.1 Å². The van der Waals surface area contributed by atoms with Crippen LogP contribution < -0.4 is 11.1 Å². The minimum absolute atomic E-state index is 0.150. The van der Waals surface area contributed by atoms with Crippen LogP contribution >= 0.6 is 0 Å². The van der Waals surface area contributed by atoms with Crippen molar-refractivity contribution < 1.29 is 13.9 Å². The molecule has 0 saturated heterocycles. The quantitative estimate of drug-likeness (QED) is 0.632. The van der Waals surface area contributed by atoms with Crippen LogP contribution in [-0.4, -0.2) is 17.6 Å². The highest BCUT2D eigenvalue weighted by Crippen LogP contribution is 2.12. The molecule has 0 radical (unpaired) electrons. The van der Waals surface area contributed by atoms with E-state index in [-0.39, 0.29) is 11.7 Å². The van der Waals surface area contributed by atoms with Gasteiger partial charge in [0.25, 0.3) is 6.01 Å². The summed E-state index contributed by atoms with van der Waals surface area (Å²) in [5, 5.41) is 2.96. The van der Waals surface area contributed by atoms with E-state index in [1.807, 2.05) is 24.3 Å². The van der Waals surface area contributed by atoms with Crippen molar-refractivity contribution in [3.8, 4) is 0 Å². The smallest absolute Gasteiger partial charge is 0.360 e. The Bertz CT molecular complexity index is 566. The van der Waals surface area contributed by atoms with Crippen molar-refractivity contribution in [3.05, 3.63) is 41.8 Å². The van der Waals surface area contributed by atoms with Gasteiger partial charge in [-0.3, -0.25) is 0 Å². The largest absolute Gasteiger partial charge is 0.461 e. The molecule has 0 aliphatic carbocycles. The molecule has 6 heteroatoms. The third-order valence-electron chi connectivity index (χ3n) is 2.38. The lowest BCUT2D eigenvalue weighted by molar-refractivity contribution is 0.0519. The fourth-order valence-corrected chi connectivity index (χ4v) is 1.53. The van der Waals surface area contributed by atoms with Gasteiger partial charge in [0.15, 0.2) is 5.69 Å². The number of hydrogen-bond acceptors (Lipinski definition) is 6. The maximum Gasteiger partial charge on any atom is 0.360 e. The van der Waals surface area contributed by atoms with Crippen molar-refractivity contribution in [2.75, 3.05) is 17.7 Å². The lowest BCUT2D eigenvalue weighted by atomic mass is 10.2. The summed E-state index contributed by atoms with van der Waals surface area (Å²) in [6, 6.07) is 7.73. The lowest BCUT2D eigenvalue weighted by Gasteiger charge is -2.02. The standard InChI is InChI=1S/C13H15N3O3/c1-2-18-12(17)11-8-19-13(16-11)15-7-9-4-3-5-10(14)6-9/h3-6,8H,2,7,14H2,1H3,(H,15,16). The summed E-state index contributed by atoms with van der Waals surface area (Å²) in [6.45, 7) is 2.54. The van der Waals surface area contributed by atoms with Gasteiger partial charge in [-0.15, -0.1) is 0 Å². The van der Waals surface area contributed by atoms with Crippen molar-refractivity contribution in [2.24, 2.45) is 0 Å². The Kier molecular flexibility index (Phi) is 4.02. The van der Waals surface area contributed by atoms with Gasteiger partial charge in [0.05, 0.1) is 6.61 Å². The first-order chi connectivity index (χ1) is 9.19. The highest BCUT2D eigenvalue weighted by Gasteiger charge is 2.12. The van der Waals surface area contributed by atoms with E-state index in [0.717, 1.165) is 5.56 Å². The van der Waals surface area contributed by atoms with E-state index in [9.17, 15) is 4.79 Å². The van der Waals surface area contributed by atoms with Gasteiger partial charge in [-0.05, 0) is 24.6 Å². The third kappa shape index (κ3) is 3.48. The molecular formula is C13H15N3O3. The Morgan fingerprint density at radius 2 is 2.37 bits per heavy atom. The van der Waals surface area contributed by atoms with Gasteiger partial charge < -0.3 is 20.2 Å². The number of esters is 1. The van der Waals surface area contributed by atoms with Crippen LogP contribution in [-0.2, 0) is 11.3 Å². The van der Waals surface area contributed by atoms with Crippen LogP contribution in [0.5, 0.6) is 0 Å². The van der Waals surface area contributed by atoms with Gasteiger partial charge in [0.1, 0.15) is 6.26 Å². The van der Waals surface area contributed by atoms with E-state index < -0.39 is 5.97 Å². The van der Waals surface area contributed by atoms with E-state index in [4.69, 9.17) is 14.9 Å². The lowest BCUT2D eigenvalue weighted by Crippen LogP contribution is -2.05. The third-order valence-corrected chi connectivity index (χ3v) is 2.38. The first kappa shape index (κ1) is 12.9. The van der Waals surface area contributed by atoms with Gasteiger partial charge in [0.2, 0.25) is 0 Å². The molecule has 0 fully saturated rings. The van der Waals surface area contributed by atoms with Crippen molar-refractivity contribution in [1.82, 2.24) is 4.98 Å². The maximum atomic E-state index is 11.4. The number of carbonyl (C=O) groups excluding carboxylic acids is 1. The average Bonchev–Trinajstić information content (AvgIpc) is 2.86. The van der Waals surface area contributed by atoms with Crippen LogP contribution in [0.2, 0.25) is 0 Å². The predicted molar refractivity (Wildman–Crippen MR) is 70.6 cm³/mol. The number of benzene rings is 1. The number of ether oxygens (including phenoxy) is 1. The molecular weight excluding hydrogens is 246 g/mol. The molecule has 2 rings (SSSR count). The molecule has 2 aromatic rings. The number of carbonyl (C=O) groups is 1. The molecule has 3 N–H and O–H groups in total. The molecule has 0 bridgehead atoms. The molecule has 1 aromatic carbocycles. The Morgan fingerprint density at radius 1 is 1.53 bits per heavy atom. The van der Waals surface area contributed by atoms with Crippen LogP contribution in [0.3, 0.4) is 0 Å². The summed E-state index contributed by atoms with van der Waals surface area (Å²) in [5.74, 6) is -0.497. The summed E-state index contributed by atoms with van der Waals surface area (Å²) in [5.41, 5.74) is 7.52. The Hall–Kier alpha value is -2.50. The summed E-state index contributed by atoms with van der Waals surface area (Å²) in [6.07, 6.45) is 1.26. The number of aromatic nitrogens is 1. The number of nitrogens with zero attached hydrogens (tertiary/aromatic N) is 1. The number of anilines is 2. The van der Waals surface area contributed by atoms with E-state index in [1.54, 1.807) is 6.92 Å². The van der Waals surface area contributed by atoms with Gasteiger partial charge in [-0.25, -0.2) is 4.79 Å². The summed E-state index contributed by atoms with van der Waals surface area (Å²) >= 11 is 0. The number of rotatable bonds is 5. The van der Waals surface area contributed by atoms with E-state index in [1.165, 1.54) is 6.26 Å². The highest BCUT2D eigenvalue weighted by molar-refractivity contribution is 5.87. The molecule has 19 heavy (non-hydrogen) atoms. The summed E-state index contributed by atoms with van der Waals surface area (Å²) in [7, 11) is 0. The Labute approximate surface area is 110 Å². The fourth-order valence-electron chi connectivity index (χ4n) is 1.53. The SMILES string of the molecule is CCOC(=O)c1coc(NCc2cccc(N)c2)n1. The van der Waals surface area contributed by atoms with Crippen molar-refractivity contribution in [3.63, 3.8) is 0 Å². The van der Waals surface area contributed by atoms with Crippen LogP contribution in [0.4, 0.5) is 11.7 Å².